The minimum Gasteiger partial charge on any atom is -0.494 e. The number of ether oxygens (including phenoxy) is 1. The molecule has 0 spiro atoms. The highest BCUT2D eigenvalue weighted by molar-refractivity contribution is 5.87. The monoisotopic (exact) mass is 282 g/mol. The van der Waals surface area contributed by atoms with E-state index in [2.05, 4.69) is 21.9 Å². The van der Waals surface area contributed by atoms with Crippen molar-refractivity contribution >= 4 is 23.3 Å². The largest absolute Gasteiger partial charge is 0.494 e. The molecule has 2 aromatic rings. The second kappa shape index (κ2) is 5.48. The summed E-state index contributed by atoms with van der Waals surface area (Å²) in [6, 6.07) is 13.9. The normalized spacial score (nSPS) is 13.2. The third kappa shape index (κ3) is 2.44. The van der Waals surface area contributed by atoms with Gasteiger partial charge in [0.2, 0.25) is 0 Å². The summed E-state index contributed by atoms with van der Waals surface area (Å²) in [7, 11) is 2.03. The molecule has 1 heterocycles. The molecule has 0 saturated carbocycles. The summed E-state index contributed by atoms with van der Waals surface area (Å²) < 4.78 is 5.48. The summed E-state index contributed by atoms with van der Waals surface area (Å²) >= 11 is 0. The molecule has 0 aliphatic carbocycles. The molecule has 0 bridgehead atoms. The van der Waals surface area contributed by atoms with Gasteiger partial charge in [0.1, 0.15) is 12.0 Å². The van der Waals surface area contributed by atoms with Crippen molar-refractivity contribution in [3.63, 3.8) is 0 Å². The summed E-state index contributed by atoms with van der Waals surface area (Å²) in [5.41, 5.74) is 4.01. The Labute approximate surface area is 124 Å². The number of anilines is 3. The van der Waals surface area contributed by atoms with Gasteiger partial charge in [-0.3, -0.25) is 4.79 Å². The van der Waals surface area contributed by atoms with Gasteiger partial charge in [-0.1, -0.05) is 0 Å². The lowest BCUT2D eigenvalue weighted by Crippen LogP contribution is -2.23. The van der Waals surface area contributed by atoms with Gasteiger partial charge >= 0.3 is 0 Å². The first-order valence-electron chi connectivity index (χ1n) is 7.03. The summed E-state index contributed by atoms with van der Waals surface area (Å²) in [5.74, 6) is 0.880. The first kappa shape index (κ1) is 13.5. The van der Waals surface area contributed by atoms with Crippen LogP contribution >= 0.6 is 0 Å². The highest BCUT2D eigenvalue weighted by Gasteiger charge is 2.24. The summed E-state index contributed by atoms with van der Waals surface area (Å²) in [6.45, 7) is 3.42. The lowest BCUT2D eigenvalue weighted by molar-refractivity contribution is 0.112. The average Bonchev–Trinajstić information content (AvgIpc) is 2.85. The maximum atomic E-state index is 10.9. The van der Waals surface area contributed by atoms with Gasteiger partial charge < -0.3 is 14.5 Å². The molecular formula is C17H18N2O2. The molecule has 3 rings (SSSR count). The molecule has 0 unspecified atom stereocenters. The Morgan fingerprint density at radius 3 is 2.57 bits per heavy atom. The summed E-state index contributed by atoms with van der Waals surface area (Å²) in [5, 5.41) is 0. The van der Waals surface area contributed by atoms with Gasteiger partial charge in [0.15, 0.2) is 0 Å². The van der Waals surface area contributed by atoms with E-state index in [0.29, 0.717) is 12.2 Å². The van der Waals surface area contributed by atoms with Crippen molar-refractivity contribution in [1.82, 2.24) is 0 Å². The zero-order valence-electron chi connectivity index (χ0n) is 12.2. The fourth-order valence-corrected chi connectivity index (χ4v) is 2.62. The highest BCUT2D eigenvalue weighted by Crippen LogP contribution is 2.40. The van der Waals surface area contributed by atoms with E-state index in [0.717, 1.165) is 35.8 Å². The Bertz CT molecular complexity index is 652. The molecule has 0 saturated heterocycles. The summed E-state index contributed by atoms with van der Waals surface area (Å²) in [6.07, 6.45) is 0.883. The number of carbonyl (C=O) groups is 1. The van der Waals surface area contributed by atoms with Crippen molar-refractivity contribution < 1.29 is 9.53 Å². The number of benzene rings is 2. The maximum absolute atomic E-state index is 10.9. The van der Waals surface area contributed by atoms with Crippen LogP contribution in [-0.2, 0) is 0 Å². The van der Waals surface area contributed by atoms with Gasteiger partial charge in [-0.15, -0.1) is 0 Å². The molecule has 0 atom stereocenters. The van der Waals surface area contributed by atoms with Gasteiger partial charge in [-0.2, -0.15) is 0 Å². The van der Waals surface area contributed by atoms with E-state index in [9.17, 15) is 4.79 Å². The first-order chi connectivity index (χ1) is 10.2. The zero-order valence-corrected chi connectivity index (χ0v) is 12.2. The topological polar surface area (TPSA) is 32.8 Å². The number of hydrogen-bond donors (Lipinski definition) is 0. The van der Waals surface area contributed by atoms with Crippen LogP contribution in [0.1, 0.15) is 17.3 Å². The second-order valence-corrected chi connectivity index (χ2v) is 5.06. The lowest BCUT2D eigenvalue weighted by atomic mass is 10.1. The van der Waals surface area contributed by atoms with Crippen molar-refractivity contribution in [3.8, 4) is 5.75 Å². The van der Waals surface area contributed by atoms with Crippen molar-refractivity contribution in [2.24, 2.45) is 0 Å². The number of carbonyl (C=O) groups excluding carboxylic acids is 1. The average molecular weight is 282 g/mol. The quantitative estimate of drug-likeness (QED) is 0.804. The molecule has 4 nitrogen and oxygen atoms in total. The van der Waals surface area contributed by atoms with E-state index in [4.69, 9.17) is 4.74 Å². The second-order valence-electron chi connectivity index (χ2n) is 5.06. The Kier molecular flexibility index (Phi) is 3.52. The summed E-state index contributed by atoms with van der Waals surface area (Å²) in [4.78, 5) is 15.3. The van der Waals surface area contributed by atoms with Crippen LogP contribution in [0.25, 0.3) is 0 Å². The van der Waals surface area contributed by atoms with Gasteiger partial charge in [-0.25, -0.2) is 0 Å². The Morgan fingerprint density at radius 1 is 1.14 bits per heavy atom. The number of fused-ring (bicyclic) bond motifs is 1. The Hall–Kier alpha value is -2.49. The molecule has 1 aliphatic heterocycles. The third-order valence-corrected chi connectivity index (χ3v) is 3.65. The molecule has 0 N–H and O–H groups in total. The van der Waals surface area contributed by atoms with Gasteiger partial charge in [0.05, 0.1) is 24.7 Å². The molecule has 2 aromatic carbocycles. The predicted molar refractivity (Wildman–Crippen MR) is 84.8 cm³/mol. The third-order valence-electron chi connectivity index (χ3n) is 3.65. The van der Waals surface area contributed by atoms with Gasteiger partial charge in [0.25, 0.3) is 0 Å². The zero-order chi connectivity index (χ0) is 14.8. The molecule has 0 amide bonds. The van der Waals surface area contributed by atoms with E-state index in [1.165, 1.54) is 0 Å². The van der Waals surface area contributed by atoms with Crippen LogP contribution in [0.15, 0.2) is 42.5 Å². The lowest BCUT2D eigenvalue weighted by Gasteiger charge is -2.19. The highest BCUT2D eigenvalue weighted by atomic mass is 16.5. The standard InChI is InChI=1S/C17H18N2O2/c1-3-21-15-7-5-14(6-8-15)19-12-18(2)17-10-13(11-20)4-9-16(17)19/h4-11H,3,12H2,1-2H3. The van der Waals surface area contributed by atoms with Crippen molar-refractivity contribution in [2.45, 2.75) is 6.92 Å². The molecule has 0 aromatic heterocycles. The van der Waals surface area contributed by atoms with Gasteiger partial charge in [-0.05, 0) is 49.4 Å². The fourth-order valence-electron chi connectivity index (χ4n) is 2.62. The van der Waals surface area contributed by atoms with Crippen LogP contribution in [-0.4, -0.2) is 26.6 Å². The number of aldehydes is 1. The van der Waals surface area contributed by atoms with Crippen LogP contribution in [0, 0.1) is 0 Å². The number of rotatable bonds is 4. The molecular weight excluding hydrogens is 264 g/mol. The van der Waals surface area contributed by atoms with Crippen molar-refractivity contribution in [3.05, 3.63) is 48.0 Å². The van der Waals surface area contributed by atoms with E-state index in [1.54, 1.807) is 0 Å². The smallest absolute Gasteiger partial charge is 0.150 e. The molecule has 108 valence electrons. The van der Waals surface area contributed by atoms with E-state index in [1.807, 2.05) is 44.3 Å². The SMILES string of the molecule is CCOc1ccc(N2CN(C)c3cc(C=O)ccc32)cc1. The number of nitrogens with zero attached hydrogens (tertiary/aromatic N) is 2. The number of hydrogen-bond acceptors (Lipinski definition) is 4. The maximum Gasteiger partial charge on any atom is 0.150 e. The van der Waals surface area contributed by atoms with Crippen molar-refractivity contribution in [2.75, 3.05) is 30.1 Å². The molecule has 0 radical (unpaired) electrons. The molecule has 4 heteroatoms. The van der Waals surface area contributed by atoms with Crippen LogP contribution in [0.5, 0.6) is 5.75 Å². The van der Waals surface area contributed by atoms with E-state index >= 15 is 0 Å². The molecule has 1 aliphatic rings. The van der Waals surface area contributed by atoms with Crippen LogP contribution in [0.2, 0.25) is 0 Å². The first-order valence-corrected chi connectivity index (χ1v) is 7.03. The fraction of sp³-hybridized carbons (Fsp3) is 0.235. The Morgan fingerprint density at radius 2 is 1.90 bits per heavy atom. The minimum absolute atomic E-state index is 0.670. The predicted octanol–water partition coefficient (Wildman–Crippen LogP) is 3.44. The Balaban J connectivity index is 1.93. The van der Waals surface area contributed by atoms with E-state index < -0.39 is 0 Å². The minimum atomic E-state index is 0.670. The molecule has 21 heavy (non-hydrogen) atoms. The van der Waals surface area contributed by atoms with E-state index in [-0.39, 0.29) is 0 Å². The van der Waals surface area contributed by atoms with Crippen LogP contribution in [0.4, 0.5) is 17.1 Å². The van der Waals surface area contributed by atoms with Crippen LogP contribution < -0.4 is 14.5 Å². The van der Waals surface area contributed by atoms with Crippen LogP contribution in [0.3, 0.4) is 0 Å². The van der Waals surface area contributed by atoms with Crippen molar-refractivity contribution in [1.29, 1.82) is 0 Å². The van der Waals surface area contributed by atoms with Gasteiger partial charge in [0, 0.05) is 18.3 Å². The molecule has 0 fully saturated rings.